The molecule has 2 N–H and O–H groups in total. The minimum absolute atomic E-state index is 0.0269. The van der Waals surface area contributed by atoms with Crippen LogP contribution in [0.1, 0.15) is 23.2 Å². The molecule has 0 spiro atoms. The van der Waals surface area contributed by atoms with Crippen molar-refractivity contribution in [3.8, 4) is 0 Å². The van der Waals surface area contributed by atoms with Crippen LogP contribution in [0.5, 0.6) is 0 Å². The molecule has 1 fully saturated rings. The number of rotatable bonds is 6. The van der Waals surface area contributed by atoms with Crippen molar-refractivity contribution in [2.75, 3.05) is 30.4 Å². The van der Waals surface area contributed by atoms with E-state index in [-0.39, 0.29) is 29.9 Å². The van der Waals surface area contributed by atoms with E-state index in [1.807, 2.05) is 30.1 Å². The molecule has 2 heterocycles. The molecule has 7 nitrogen and oxygen atoms in total. The number of amides is 1. The van der Waals surface area contributed by atoms with Crippen LogP contribution in [0.3, 0.4) is 0 Å². The van der Waals surface area contributed by atoms with Gasteiger partial charge in [-0.25, -0.2) is 8.42 Å². The summed E-state index contributed by atoms with van der Waals surface area (Å²) in [5.74, 6) is 0.437. The van der Waals surface area contributed by atoms with Crippen molar-refractivity contribution in [2.24, 2.45) is 0 Å². The number of H-pyrrole nitrogens is 1. The number of nitrogens with one attached hydrogen (secondary N) is 2. The van der Waals surface area contributed by atoms with Gasteiger partial charge < -0.3 is 10.2 Å². The van der Waals surface area contributed by atoms with Crippen LogP contribution >= 0.6 is 0 Å². The lowest BCUT2D eigenvalue weighted by Crippen LogP contribution is -2.47. The van der Waals surface area contributed by atoms with Crippen molar-refractivity contribution in [2.45, 2.75) is 32.2 Å². The lowest BCUT2D eigenvalue weighted by molar-refractivity contribution is -0.117. The Hall–Kier alpha value is -2.19. The van der Waals surface area contributed by atoms with E-state index < -0.39 is 9.84 Å². The largest absolute Gasteiger partial charge is 0.309 e. The SMILES string of the molecule is Cc1ccccc1CCc1cc(NC(=O)CC2CS(=O)(=O)CCN2C)n[nH]1. The molecule has 2 aromatic rings. The Morgan fingerprint density at radius 1 is 1.33 bits per heavy atom. The quantitative estimate of drug-likeness (QED) is 0.780. The first-order valence-electron chi connectivity index (χ1n) is 9.12. The Morgan fingerprint density at radius 2 is 2.11 bits per heavy atom. The first-order chi connectivity index (χ1) is 12.8. The van der Waals surface area contributed by atoms with Crippen molar-refractivity contribution in [3.05, 3.63) is 47.2 Å². The van der Waals surface area contributed by atoms with E-state index in [4.69, 9.17) is 0 Å². The predicted molar refractivity (Wildman–Crippen MR) is 105 cm³/mol. The fraction of sp³-hybridized carbons (Fsp3) is 0.474. The van der Waals surface area contributed by atoms with Gasteiger partial charge >= 0.3 is 0 Å². The molecule has 1 atom stereocenters. The minimum atomic E-state index is -3.06. The van der Waals surface area contributed by atoms with Gasteiger partial charge in [-0.1, -0.05) is 24.3 Å². The summed E-state index contributed by atoms with van der Waals surface area (Å²) in [6.45, 7) is 2.56. The molecule has 1 aromatic carbocycles. The average Bonchev–Trinajstić information content (AvgIpc) is 3.04. The van der Waals surface area contributed by atoms with Gasteiger partial charge in [-0.3, -0.25) is 9.89 Å². The number of nitrogens with zero attached hydrogens (tertiary/aromatic N) is 2. The van der Waals surface area contributed by atoms with Crippen molar-refractivity contribution < 1.29 is 13.2 Å². The zero-order chi connectivity index (χ0) is 19.4. The van der Waals surface area contributed by atoms with Crippen LogP contribution in [-0.2, 0) is 27.5 Å². The molecule has 27 heavy (non-hydrogen) atoms. The van der Waals surface area contributed by atoms with Crippen molar-refractivity contribution in [3.63, 3.8) is 0 Å². The van der Waals surface area contributed by atoms with E-state index in [9.17, 15) is 13.2 Å². The maximum Gasteiger partial charge on any atom is 0.227 e. The highest BCUT2D eigenvalue weighted by atomic mass is 32.2. The second kappa shape index (κ2) is 8.22. The lowest BCUT2D eigenvalue weighted by Gasteiger charge is -2.31. The molecule has 8 heteroatoms. The maximum atomic E-state index is 12.3. The summed E-state index contributed by atoms with van der Waals surface area (Å²) >= 11 is 0. The van der Waals surface area contributed by atoms with Crippen LogP contribution in [-0.4, -0.2) is 60.6 Å². The molecule has 1 amide bonds. The average molecular weight is 391 g/mol. The lowest BCUT2D eigenvalue weighted by atomic mass is 10.0. The van der Waals surface area contributed by atoms with Gasteiger partial charge in [0.15, 0.2) is 15.7 Å². The zero-order valence-corrected chi connectivity index (χ0v) is 16.6. The number of aromatic nitrogens is 2. The van der Waals surface area contributed by atoms with Gasteiger partial charge in [0.2, 0.25) is 5.91 Å². The fourth-order valence-electron chi connectivity index (χ4n) is 3.31. The Labute approximate surface area is 160 Å². The molecule has 1 unspecified atom stereocenters. The van der Waals surface area contributed by atoms with Crippen LogP contribution in [0.2, 0.25) is 0 Å². The summed E-state index contributed by atoms with van der Waals surface area (Å²) in [6, 6.07) is 9.81. The van der Waals surface area contributed by atoms with Crippen LogP contribution in [0.4, 0.5) is 5.82 Å². The number of hydrogen-bond acceptors (Lipinski definition) is 5. The third-order valence-corrected chi connectivity index (χ3v) is 6.77. The first-order valence-corrected chi connectivity index (χ1v) is 10.9. The normalized spacial score (nSPS) is 19.7. The van der Waals surface area contributed by atoms with Crippen molar-refractivity contribution >= 4 is 21.6 Å². The molecule has 0 radical (unpaired) electrons. The van der Waals surface area contributed by atoms with Gasteiger partial charge in [-0.2, -0.15) is 5.10 Å². The van der Waals surface area contributed by atoms with E-state index in [1.54, 1.807) is 0 Å². The Bertz CT molecular complexity index is 907. The van der Waals surface area contributed by atoms with Gasteiger partial charge in [0, 0.05) is 30.8 Å². The highest BCUT2D eigenvalue weighted by Gasteiger charge is 2.30. The minimum Gasteiger partial charge on any atom is -0.309 e. The van der Waals surface area contributed by atoms with Gasteiger partial charge in [-0.05, 0) is 37.9 Å². The Kier molecular flexibility index (Phi) is 5.96. The third-order valence-electron chi connectivity index (χ3n) is 5.07. The maximum absolute atomic E-state index is 12.3. The standard InChI is InChI=1S/C19H26N4O3S/c1-14-5-3-4-6-15(14)7-8-16-11-18(22-21-16)20-19(24)12-17-13-27(25,26)10-9-23(17)2/h3-6,11,17H,7-10,12-13H2,1-2H3,(H2,20,21,22,24). The monoisotopic (exact) mass is 390 g/mol. The first kappa shape index (κ1) is 19.6. The number of anilines is 1. The van der Waals surface area contributed by atoms with E-state index >= 15 is 0 Å². The molecular weight excluding hydrogens is 364 g/mol. The van der Waals surface area contributed by atoms with Gasteiger partial charge in [-0.15, -0.1) is 0 Å². The summed E-state index contributed by atoms with van der Waals surface area (Å²) < 4.78 is 23.6. The van der Waals surface area contributed by atoms with E-state index in [2.05, 4.69) is 34.6 Å². The molecule has 1 saturated heterocycles. The third kappa shape index (κ3) is 5.40. The Morgan fingerprint density at radius 3 is 2.89 bits per heavy atom. The summed E-state index contributed by atoms with van der Waals surface area (Å²) in [5.41, 5.74) is 3.50. The van der Waals surface area contributed by atoms with E-state index in [0.717, 1.165) is 18.5 Å². The zero-order valence-electron chi connectivity index (χ0n) is 15.7. The molecule has 1 aliphatic heterocycles. The fourth-order valence-corrected chi connectivity index (χ4v) is 5.00. The molecule has 3 rings (SSSR count). The van der Waals surface area contributed by atoms with Crippen molar-refractivity contribution in [1.29, 1.82) is 0 Å². The number of benzene rings is 1. The van der Waals surface area contributed by atoms with Crippen LogP contribution in [0, 0.1) is 6.92 Å². The summed E-state index contributed by atoms with van der Waals surface area (Å²) in [6.07, 6.45) is 1.84. The second-order valence-electron chi connectivity index (χ2n) is 7.21. The summed E-state index contributed by atoms with van der Waals surface area (Å²) in [5, 5.41) is 9.86. The number of carbonyl (C=O) groups is 1. The second-order valence-corrected chi connectivity index (χ2v) is 9.43. The highest BCUT2D eigenvalue weighted by Crippen LogP contribution is 2.15. The van der Waals surface area contributed by atoms with E-state index in [1.165, 1.54) is 11.1 Å². The predicted octanol–water partition coefficient (Wildman–Crippen LogP) is 1.56. The number of hydrogen-bond donors (Lipinski definition) is 2. The smallest absolute Gasteiger partial charge is 0.227 e. The van der Waals surface area contributed by atoms with E-state index in [0.29, 0.717) is 12.4 Å². The molecule has 0 aliphatic carbocycles. The highest BCUT2D eigenvalue weighted by molar-refractivity contribution is 7.91. The Balaban J connectivity index is 1.52. The number of sulfone groups is 1. The molecule has 0 bridgehead atoms. The molecule has 1 aromatic heterocycles. The molecule has 1 aliphatic rings. The van der Waals surface area contributed by atoms with Crippen LogP contribution in [0.15, 0.2) is 30.3 Å². The van der Waals surface area contributed by atoms with Gasteiger partial charge in [0.1, 0.15) is 0 Å². The molecule has 146 valence electrons. The molecular formula is C19H26N4O3S. The van der Waals surface area contributed by atoms with Crippen molar-refractivity contribution in [1.82, 2.24) is 15.1 Å². The van der Waals surface area contributed by atoms with Gasteiger partial charge in [0.05, 0.1) is 11.5 Å². The van der Waals surface area contributed by atoms with Gasteiger partial charge in [0.25, 0.3) is 0 Å². The molecule has 0 saturated carbocycles. The van der Waals surface area contributed by atoms with Crippen LogP contribution in [0.25, 0.3) is 0 Å². The summed E-state index contributed by atoms with van der Waals surface area (Å²) in [4.78, 5) is 14.2. The number of aromatic amines is 1. The number of carbonyl (C=O) groups excluding carboxylic acids is 1. The van der Waals surface area contributed by atoms with Crippen LogP contribution < -0.4 is 5.32 Å². The number of aryl methyl sites for hydroxylation is 3. The summed E-state index contributed by atoms with van der Waals surface area (Å²) in [7, 11) is -1.21. The topological polar surface area (TPSA) is 95.2 Å².